The summed E-state index contributed by atoms with van der Waals surface area (Å²) in [6, 6.07) is 0.0333. The maximum absolute atomic E-state index is 12.3. The van der Waals surface area contributed by atoms with Crippen LogP contribution in [0.1, 0.15) is 25.3 Å². The molecule has 1 aliphatic rings. The van der Waals surface area contributed by atoms with Crippen LogP contribution in [0.15, 0.2) is 12.4 Å². The topological polar surface area (TPSA) is 72.3 Å². The van der Waals surface area contributed by atoms with Crippen molar-refractivity contribution in [1.82, 2.24) is 14.7 Å². The fourth-order valence-corrected chi connectivity index (χ4v) is 3.02. The number of hydrogen-bond donors (Lipinski definition) is 0. The van der Waals surface area contributed by atoms with Crippen molar-refractivity contribution in [3.63, 3.8) is 0 Å². The van der Waals surface area contributed by atoms with Gasteiger partial charge in [0.1, 0.15) is 5.25 Å². The molecule has 0 unspecified atom stereocenters. The molecule has 7 heteroatoms. The largest absolute Gasteiger partial charge is 0.337 e. The van der Waals surface area contributed by atoms with Gasteiger partial charge in [-0.15, -0.1) is 0 Å². The monoisotopic (exact) mass is 299 g/mol. The molecule has 0 spiro atoms. The lowest BCUT2D eigenvalue weighted by Gasteiger charge is -2.26. The fourth-order valence-electron chi connectivity index (χ4n) is 2.52. The fraction of sp³-hybridized carbons (Fsp3) is 0.692. The molecule has 1 aromatic rings. The van der Waals surface area contributed by atoms with Crippen LogP contribution in [0, 0.1) is 6.92 Å². The highest BCUT2D eigenvalue weighted by Crippen LogP contribution is 2.21. The van der Waals surface area contributed by atoms with Crippen molar-refractivity contribution in [2.45, 2.75) is 44.5 Å². The van der Waals surface area contributed by atoms with Crippen molar-refractivity contribution in [3.8, 4) is 0 Å². The lowest BCUT2D eigenvalue weighted by Crippen LogP contribution is -2.45. The molecule has 112 valence electrons. The third kappa shape index (κ3) is 3.20. The van der Waals surface area contributed by atoms with Crippen LogP contribution in [-0.2, 0) is 21.2 Å². The standard InChI is InChI=1S/C13H21N3O3S/c1-10-7-14-15(8-10)9-12-5-4-6-16(12)13(17)11(2)20(3,18)19/h7-8,11-12H,4-6,9H2,1-3H3/t11-,12+/m1/s1. The second-order valence-corrected chi connectivity index (χ2v) is 7.91. The van der Waals surface area contributed by atoms with Crippen LogP contribution in [-0.4, -0.2) is 53.1 Å². The first-order valence-electron chi connectivity index (χ1n) is 6.77. The third-order valence-electron chi connectivity index (χ3n) is 3.81. The summed E-state index contributed by atoms with van der Waals surface area (Å²) in [5.74, 6) is -0.293. The van der Waals surface area contributed by atoms with Crippen LogP contribution in [0.4, 0.5) is 0 Å². The van der Waals surface area contributed by atoms with Crippen molar-refractivity contribution in [2.75, 3.05) is 12.8 Å². The molecular weight excluding hydrogens is 278 g/mol. The van der Waals surface area contributed by atoms with Gasteiger partial charge in [0.2, 0.25) is 5.91 Å². The SMILES string of the molecule is Cc1cnn(C[C@@H]2CCCN2C(=O)[C@@H](C)S(C)(=O)=O)c1. The van der Waals surface area contributed by atoms with Crippen LogP contribution < -0.4 is 0 Å². The van der Waals surface area contributed by atoms with Gasteiger partial charge in [-0.3, -0.25) is 9.48 Å². The van der Waals surface area contributed by atoms with E-state index < -0.39 is 15.1 Å². The molecule has 0 aromatic carbocycles. The molecule has 1 fully saturated rings. The number of likely N-dealkylation sites (tertiary alicyclic amines) is 1. The maximum atomic E-state index is 12.3. The zero-order valence-corrected chi connectivity index (χ0v) is 12.9. The number of rotatable bonds is 4. The maximum Gasteiger partial charge on any atom is 0.240 e. The highest BCUT2D eigenvalue weighted by molar-refractivity contribution is 7.92. The Balaban J connectivity index is 2.09. The summed E-state index contributed by atoms with van der Waals surface area (Å²) in [5.41, 5.74) is 1.07. The summed E-state index contributed by atoms with van der Waals surface area (Å²) in [5, 5.41) is 3.26. The van der Waals surface area contributed by atoms with Crippen molar-refractivity contribution >= 4 is 15.7 Å². The van der Waals surface area contributed by atoms with E-state index in [1.54, 1.807) is 11.1 Å². The minimum Gasteiger partial charge on any atom is -0.337 e. The molecule has 2 heterocycles. The number of sulfone groups is 1. The molecule has 1 aromatic heterocycles. The minimum atomic E-state index is -3.35. The van der Waals surface area contributed by atoms with Crippen molar-refractivity contribution in [1.29, 1.82) is 0 Å². The Morgan fingerprint density at radius 2 is 2.25 bits per heavy atom. The van der Waals surface area contributed by atoms with E-state index in [1.165, 1.54) is 6.92 Å². The van der Waals surface area contributed by atoms with Crippen molar-refractivity contribution in [3.05, 3.63) is 18.0 Å². The molecule has 1 aliphatic heterocycles. The lowest BCUT2D eigenvalue weighted by atomic mass is 10.2. The van der Waals surface area contributed by atoms with Gasteiger partial charge in [-0.2, -0.15) is 5.10 Å². The predicted molar refractivity (Wildman–Crippen MR) is 76.0 cm³/mol. The molecule has 1 saturated heterocycles. The minimum absolute atomic E-state index is 0.0333. The first kappa shape index (κ1) is 15.0. The summed E-state index contributed by atoms with van der Waals surface area (Å²) in [7, 11) is -3.35. The van der Waals surface area contributed by atoms with Gasteiger partial charge in [-0.25, -0.2) is 8.42 Å². The quantitative estimate of drug-likeness (QED) is 0.817. The van der Waals surface area contributed by atoms with Gasteiger partial charge in [0.15, 0.2) is 9.84 Å². The Morgan fingerprint density at radius 1 is 1.55 bits per heavy atom. The summed E-state index contributed by atoms with van der Waals surface area (Å²) < 4.78 is 24.9. The van der Waals surface area contributed by atoms with E-state index in [-0.39, 0.29) is 11.9 Å². The van der Waals surface area contributed by atoms with E-state index in [0.717, 1.165) is 24.7 Å². The highest BCUT2D eigenvalue weighted by Gasteiger charge is 2.35. The van der Waals surface area contributed by atoms with E-state index in [2.05, 4.69) is 5.10 Å². The van der Waals surface area contributed by atoms with Crippen molar-refractivity contribution < 1.29 is 13.2 Å². The highest BCUT2D eigenvalue weighted by atomic mass is 32.2. The average Bonchev–Trinajstić information content (AvgIpc) is 2.96. The number of nitrogens with zero attached hydrogens (tertiary/aromatic N) is 3. The normalized spacial score (nSPS) is 21.1. The van der Waals surface area contributed by atoms with Crippen LogP contribution in [0.5, 0.6) is 0 Å². The van der Waals surface area contributed by atoms with E-state index in [9.17, 15) is 13.2 Å². The summed E-state index contributed by atoms with van der Waals surface area (Å²) in [6.45, 7) is 4.68. The number of amides is 1. The van der Waals surface area contributed by atoms with Gasteiger partial charge in [-0.05, 0) is 32.3 Å². The lowest BCUT2D eigenvalue weighted by molar-refractivity contribution is -0.131. The van der Waals surface area contributed by atoms with Crippen LogP contribution >= 0.6 is 0 Å². The molecule has 0 bridgehead atoms. The molecule has 6 nitrogen and oxygen atoms in total. The Kier molecular flexibility index (Phi) is 4.17. The Bertz CT molecular complexity index is 594. The van der Waals surface area contributed by atoms with Gasteiger partial charge in [0, 0.05) is 19.0 Å². The zero-order chi connectivity index (χ0) is 14.9. The van der Waals surface area contributed by atoms with Gasteiger partial charge in [0.05, 0.1) is 18.8 Å². The number of carbonyl (C=O) groups excluding carboxylic acids is 1. The Labute approximate surface area is 119 Å². The van der Waals surface area contributed by atoms with Gasteiger partial charge >= 0.3 is 0 Å². The van der Waals surface area contributed by atoms with E-state index in [4.69, 9.17) is 0 Å². The molecule has 0 N–H and O–H groups in total. The molecule has 0 aliphatic carbocycles. The average molecular weight is 299 g/mol. The van der Waals surface area contributed by atoms with Gasteiger partial charge in [-0.1, -0.05) is 0 Å². The summed E-state index contributed by atoms with van der Waals surface area (Å²) in [4.78, 5) is 14.0. The van der Waals surface area contributed by atoms with E-state index >= 15 is 0 Å². The molecule has 2 atom stereocenters. The van der Waals surface area contributed by atoms with E-state index in [0.29, 0.717) is 13.1 Å². The van der Waals surface area contributed by atoms with Gasteiger partial charge < -0.3 is 4.90 Å². The molecule has 0 saturated carbocycles. The van der Waals surface area contributed by atoms with E-state index in [1.807, 2.05) is 17.8 Å². The molecule has 1 amide bonds. The molecule has 2 rings (SSSR count). The molecular formula is C13H21N3O3S. The first-order chi connectivity index (χ1) is 9.29. The molecule has 20 heavy (non-hydrogen) atoms. The van der Waals surface area contributed by atoms with Crippen LogP contribution in [0.25, 0.3) is 0 Å². The van der Waals surface area contributed by atoms with Gasteiger partial charge in [0.25, 0.3) is 0 Å². The second-order valence-electron chi connectivity index (χ2n) is 5.54. The number of hydrogen-bond acceptors (Lipinski definition) is 4. The number of aryl methyl sites for hydroxylation is 1. The second kappa shape index (κ2) is 5.55. The smallest absolute Gasteiger partial charge is 0.240 e. The Morgan fingerprint density at radius 3 is 2.80 bits per heavy atom. The summed E-state index contributed by atoms with van der Waals surface area (Å²) >= 11 is 0. The number of carbonyl (C=O) groups is 1. The van der Waals surface area contributed by atoms with Crippen LogP contribution in [0.2, 0.25) is 0 Å². The third-order valence-corrected chi connectivity index (χ3v) is 5.30. The Hall–Kier alpha value is -1.37. The number of aromatic nitrogens is 2. The summed E-state index contributed by atoms with van der Waals surface area (Å²) in [6.07, 6.45) is 6.62. The predicted octanol–water partition coefficient (Wildman–Crippen LogP) is 0.616. The van der Waals surface area contributed by atoms with Crippen LogP contribution in [0.3, 0.4) is 0 Å². The first-order valence-corrected chi connectivity index (χ1v) is 8.73. The zero-order valence-electron chi connectivity index (χ0n) is 12.1. The van der Waals surface area contributed by atoms with Crippen molar-refractivity contribution in [2.24, 2.45) is 0 Å². The molecule has 0 radical (unpaired) electrons.